The van der Waals surface area contributed by atoms with Crippen molar-refractivity contribution >= 4 is 46.3 Å². The molecule has 2 bridgehead atoms. The maximum atomic E-state index is 13.4. The van der Waals surface area contributed by atoms with Gasteiger partial charge in [-0.3, -0.25) is 14.5 Å². The lowest BCUT2D eigenvalue weighted by molar-refractivity contribution is -0.107. The van der Waals surface area contributed by atoms with Gasteiger partial charge in [0.2, 0.25) is 6.41 Å². The largest absolute Gasteiger partial charge is 0.346 e. The SMILES string of the molecule is O=CN(c1cc(C2=CC3CCCC(C2)N3C(=O)c2ccnc(Cl)c2)c2cc[nH]c2n1)C1CC1. The lowest BCUT2D eigenvalue weighted by Gasteiger charge is -2.45. The highest BCUT2D eigenvalue weighted by Gasteiger charge is 2.38. The number of hydrogen-bond donors (Lipinski definition) is 1. The van der Waals surface area contributed by atoms with E-state index in [4.69, 9.17) is 16.6 Å². The van der Waals surface area contributed by atoms with Crippen molar-refractivity contribution in [3.63, 3.8) is 0 Å². The number of nitrogens with one attached hydrogen (secondary N) is 1. The summed E-state index contributed by atoms with van der Waals surface area (Å²) in [5.41, 5.74) is 3.68. The number of amides is 2. The summed E-state index contributed by atoms with van der Waals surface area (Å²) >= 11 is 6.04. The average Bonchev–Trinajstić information content (AvgIpc) is 3.53. The summed E-state index contributed by atoms with van der Waals surface area (Å²) in [4.78, 5) is 40.9. The van der Waals surface area contributed by atoms with Crippen LogP contribution in [0.1, 0.15) is 54.4 Å². The van der Waals surface area contributed by atoms with Crippen LogP contribution in [0.15, 0.2) is 42.7 Å². The van der Waals surface area contributed by atoms with Gasteiger partial charge in [-0.15, -0.1) is 0 Å². The number of halogens is 1. The number of pyridine rings is 2. The summed E-state index contributed by atoms with van der Waals surface area (Å²) in [5.74, 6) is 0.695. The van der Waals surface area contributed by atoms with Gasteiger partial charge in [-0.1, -0.05) is 17.7 Å². The van der Waals surface area contributed by atoms with E-state index in [9.17, 15) is 9.59 Å². The Hall–Kier alpha value is -3.19. The minimum Gasteiger partial charge on any atom is -0.346 e. The van der Waals surface area contributed by atoms with Crippen LogP contribution in [0.5, 0.6) is 0 Å². The summed E-state index contributed by atoms with van der Waals surface area (Å²) in [5, 5.41) is 1.37. The normalized spacial score (nSPS) is 22.2. The fourth-order valence-electron chi connectivity index (χ4n) is 5.33. The molecule has 2 unspecified atom stereocenters. The van der Waals surface area contributed by atoms with Crippen molar-refractivity contribution in [2.24, 2.45) is 0 Å². The first kappa shape index (κ1) is 20.4. The predicted molar refractivity (Wildman–Crippen MR) is 127 cm³/mol. The van der Waals surface area contributed by atoms with E-state index in [-0.39, 0.29) is 24.0 Å². The van der Waals surface area contributed by atoms with Crippen LogP contribution in [0.3, 0.4) is 0 Å². The Morgan fingerprint density at radius 1 is 1.21 bits per heavy atom. The highest BCUT2D eigenvalue weighted by Crippen LogP contribution is 2.41. The molecule has 3 aromatic heterocycles. The zero-order chi connectivity index (χ0) is 22.5. The average molecular weight is 462 g/mol. The second kappa shape index (κ2) is 7.99. The van der Waals surface area contributed by atoms with Gasteiger partial charge in [-0.25, -0.2) is 9.97 Å². The van der Waals surface area contributed by atoms with E-state index in [1.165, 1.54) is 5.57 Å². The molecule has 1 saturated heterocycles. The Bertz CT molecular complexity index is 1280. The van der Waals surface area contributed by atoms with Crippen LogP contribution in [-0.2, 0) is 4.79 Å². The molecule has 3 aromatic rings. The first-order chi connectivity index (χ1) is 16.1. The lowest BCUT2D eigenvalue weighted by atomic mass is 9.82. The number of piperidine rings is 1. The Balaban J connectivity index is 1.40. The van der Waals surface area contributed by atoms with Crippen molar-refractivity contribution in [1.82, 2.24) is 19.9 Å². The highest BCUT2D eigenvalue weighted by atomic mass is 35.5. The maximum absolute atomic E-state index is 13.4. The number of carbonyl (C=O) groups excluding carboxylic acids is 2. The molecular formula is C25H24ClN5O2. The van der Waals surface area contributed by atoms with Gasteiger partial charge in [-0.05, 0) is 73.9 Å². The van der Waals surface area contributed by atoms with Crippen LogP contribution in [-0.4, -0.2) is 50.3 Å². The molecule has 2 aliphatic heterocycles. The summed E-state index contributed by atoms with van der Waals surface area (Å²) in [6.07, 6.45) is 12.4. The van der Waals surface area contributed by atoms with E-state index >= 15 is 0 Å². The molecular weight excluding hydrogens is 438 g/mol. The second-order valence-corrected chi connectivity index (χ2v) is 9.53. The van der Waals surface area contributed by atoms with Crippen molar-refractivity contribution in [2.75, 3.05) is 4.90 Å². The molecule has 2 fully saturated rings. The van der Waals surface area contributed by atoms with E-state index in [2.05, 4.69) is 16.0 Å². The molecule has 8 heteroatoms. The monoisotopic (exact) mass is 461 g/mol. The fraction of sp³-hybridized carbons (Fsp3) is 0.360. The van der Waals surface area contributed by atoms with E-state index < -0.39 is 0 Å². The van der Waals surface area contributed by atoms with Gasteiger partial charge in [0.05, 0.1) is 6.04 Å². The second-order valence-electron chi connectivity index (χ2n) is 9.14. The first-order valence-corrected chi connectivity index (χ1v) is 11.9. The van der Waals surface area contributed by atoms with Gasteiger partial charge in [0, 0.05) is 35.4 Å². The number of aromatic nitrogens is 3. The van der Waals surface area contributed by atoms with Gasteiger partial charge in [0.25, 0.3) is 5.91 Å². The van der Waals surface area contributed by atoms with E-state index in [1.54, 1.807) is 23.2 Å². The van der Waals surface area contributed by atoms with E-state index in [0.29, 0.717) is 16.5 Å². The molecule has 33 heavy (non-hydrogen) atoms. The van der Waals surface area contributed by atoms with Crippen molar-refractivity contribution in [1.29, 1.82) is 0 Å². The number of anilines is 1. The van der Waals surface area contributed by atoms with Crippen LogP contribution < -0.4 is 4.90 Å². The van der Waals surface area contributed by atoms with Gasteiger partial charge >= 0.3 is 0 Å². The van der Waals surface area contributed by atoms with Crippen molar-refractivity contribution in [2.45, 2.75) is 56.7 Å². The number of rotatable bonds is 5. The standard InChI is InChI=1S/C25H24ClN5O2/c26-22-12-15(6-8-27-22)25(33)31-18-2-1-3-19(31)11-16(10-18)21-13-23(30(14-32)17-4-5-17)29-24-20(21)7-9-28-24/h6-10,12-14,17-19H,1-5,11H2,(H,28,29). The minimum atomic E-state index is 0.00683. The van der Waals surface area contributed by atoms with E-state index in [0.717, 1.165) is 61.5 Å². The summed E-state index contributed by atoms with van der Waals surface area (Å²) in [6, 6.07) is 7.86. The maximum Gasteiger partial charge on any atom is 0.254 e. The smallest absolute Gasteiger partial charge is 0.254 e. The van der Waals surface area contributed by atoms with Gasteiger partial charge < -0.3 is 9.88 Å². The summed E-state index contributed by atoms with van der Waals surface area (Å²) in [6.45, 7) is 0. The number of hydrogen-bond acceptors (Lipinski definition) is 4. The number of aromatic amines is 1. The van der Waals surface area contributed by atoms with Gasteiger partial charge in [0.1, 0.15) is 16.6 Å². The van der Waals surface area contributed by atoms with Crippen LogP contribution in [0, 0.1) is 0 Å². The predicted octanol–water partition coefficient (Wildman–Crippen LogP) is 4.59. The molecule has 1 aliphatic carbocycles. The Morgan fingerprint density at radius 3 is 2.85 bits per heavy atom. The molecule has 3 aliphatic rings. The summed E-state index contributed by atoms with van der Waals surface area (Å²) < 4.78 is 0. The van der Waals surface area contributed by atoms with Crippen molar-refractivity contribution < 1.29 is 9.59 Å². The topological polar surface area (TPSA) is 82.2 Å². The molecule has 2 atom stereocenters. The van der Waals surface area contributed by atoms with Crippen LogP contribution >= 0.6 is 11.6 Å². The van der Waals surface area contributed by atoms with Crippen molar-refractivity contribution in [3.8, 4) is 0 Å². The lowest BCUT2D eigenvalue weighted by Crippen LogP contribution is -2.51. The molecule has 6 rings (SSSR count). The zero-order valence-electron chi connectivity index (χ0n) is 18.1. The molecule has 5 heterocycles. The molecule has 0 aromatic carbocycles. The van der Waals surface area contributed by atoms with Gasteiger partial charge in [-0.2, -0.15) is 0 Å². The molecule has 0 spiro atoms. The van der Waals surface area contributed by atoms with Crippen LogP contribution in [0.25, 0.3) is 16.6 Å². The highest BCUT2D eigenvalue weighted by molar-refractivity contribution is 6.29. The molecule has 2 amide bonds. The third kappa shape index (κ3) is 3.60. The third-order valence-corrected chi connectivity index (χ3v) is 7.23. The van der Waals surface area contributed by atoms with Gasteiger partial charge in [0.15, 0.2) is 0 Å². The van der Waals surface area contributed by atoms with E-state index in [1.807, 2.05) is 23.2 Å². The molecule has 168 valence electrons. The fourth-order valence-corrected chi connectivity index (χ4v) is 5.51. The van der Waals surface area contributed by atoms with Crippen LogP contribution in [0.4, 0.5) is 5.82 Å². The molecule has 0 radical (unpaired) electrons. The Kier molecular flexibility index (Phi) is 4.94. The summed E-state index contributed by atoms with van der Waals surface area (Å²) in [7, 11) is 0. The zero-order valence-corrected chi connectivity index (χ0v) is 18.8. The Morgan fingerprint density at radius 2 is 2.09 bits per heavy atom. The number of nitrogens with zero attached hydrogens (tertiary/aromatic N) is 4. The third-order valence-electron chi connectivity index (χ3n) is 7.02. The molecule has 7 nitrogen and oxygen atoms in total. The first-order valence-electron chi connectivity index (χ1n) is 11.5. The number of carbonyl (C=O) groups is 2. The molecule has 1 saturated carbocycles. The number of fused-ring (bicyclic) bond motifs is 3. The van der Waals surface area contributed by atoms with Crippen molar-refractivity contribution in [3.05, 3.63) is 59.0 Å². The minimum absolute atomic E-state index is 0.00683. The van der Waals surface area contributed by atoms with Crippen LogP contribution in [0.2, 0.25) is 5.15 Å². The molecule has 1 N–H and O–H groups in total. The number of H-pyrrole nitrogens is 1. The Labute approximate surface area is 196 Å². The quantitative estimate of drug-likeness (QED) is 0.445.